The summed E-state index contributed by atoms with van der Waals surface area (Å²) in [5.74, 6) is 1.96. The Kier molecular flexibility index (Phi) is 4.09. The Morgan fingerprint density at radius 3 is 2.67 bits per heavy atom. The van der Waals surface area contributed by atoms with Crippen LogP contribution >= 0.6 is 0 Å². The minimum Gasteiger partial charge on any atom is -0.370 e. The molecule has 0 bridgehead atoms. The Labute approximate surface area is 160 Å². The van der Waals surface area contributed by atoms with E-state index in [4.69, 9.17) is 14.8 Å². The van der Waals surface area contributed by atoms with Crippen molar-refractivity contribution in [3.05, 3.63) is 82.9 Å². The Balaban J connectivity index is 1.54. The van der Waals surface area contributed by atoms with Gasteiger partial charge in [-0.3, -0.25) is 0 Å². The summed E-state index contributed by atoms with van der Waals surface area (Å²) in [6, 6.07) is 19.3. The highest BCUT2D eigenvalue weighted by molar-refractivity contribution is 5.39. The lowest BCUT2D eigenvalue weighted by atomic mass is 9.95. The Morgan fingerprint density at radius 2 is 1.96 bits per heavy atom. The van der Waals surface area contributed by atoms with E-state index >= 15 is 0 Å². The molecule has 1 aliphatic carbocycles. The van der Waals surface area contributed by atoms with Gasteiger partial charge in [-0.05, 0) is 43.7 Å². The normalized spacial score (nSPS) is 20.7. The lowest BCUT2D eigenvalue weighted by molar-refractivity contribution is 0.101. The predicted octanol–water partition coefficient (Wildman–Crippen LogP) is 4.57. The van der Waals surface area contributed by atoms with Gasteiger partial charge in [0, 0.05) is 6.61 Å². The average molecular weight is 359 g/mol. The SMILES string of the molecule is Cc1cccc(Cn2nc(C3(c4ccccc4)CC3)nc2C2CCCO2)c1. The highest BCUT2D eigenvalue weighted by atomic mass is 16.5. The maximum Gasteiger partial charge on any atom is 0.161 e. The number of aryl methyl sites for hydroxylation is 1. The lowest BCUT2D eigenvalue weighted by Gasteiger charge is -2.11. The molecule has 0 radical (unpaired) electrons. The molecule has 1 atom stereocenters. The minimum atomic E-state index is -0.00747. The highest BCUT2D eigenvalue weighted by Crippen LogP contribution is 2.52. The molecule has 0 N–H and O–H groups in total. The second-order valence-corrected chi connectivity index (χ2v) is 7.89. The molecular formula is C23H25N3O. The van der Waals surface area contributed by atoms with Crippen molar-refractivity contribution in [3.8, 4) is 0 Å². The molecular weight excluding hydrogens is 334 g/mol. The molecule has 1 saturated heterocycles. The van der Waals surface area contributed by atoms with Crippen molar-refractivity contribution in [2.75, 3.05) is 6.61 Å². The zero-order valence-corrected chi connectivity index (χ0v) is 15.8. The number of hydrogen-bond acceptors (Lipinski definition) is 3. The van der Waals surface area contributed by atoms with Crippen LogP contribution in [0.15, 0.2) is 54.6 Å². The molecule has 4 heteroatoms. The van der Waals surface area contributed by atoms with Crippen LogP contribution in [0.1, 0.15) is 60.1 Å². The first-order chi connectivity index (χ1) is 13.2. The van der Waals surface area contributed by atoms with E-state index in [1.54, 1.807) is 0 Å². The average Bonchev–Trinajstić information content (AvgIpc) is 3.11. The zero-order chi connectivity index (χ0) is 18.3. The third-order valence-electron chi connectivity index (χ3n) is 5.84. The van der Waals surface area contributed by atoms with Gasteiger partial charge in [-0.1, -0.05) is 60.2 Å². The molecule has 2 aromatic carbocycles. The van der Waals surface area contributed by atoms with Crippen LogP contribution in [-0.2, 0) is 16.7 Å². The highest BCUT2D eigenvalue weighted by Gasteiger charge is 2.50. The number of nitrogens with zero attached hydrogens (tertiary/aromatic N) is 3. The molecule has 2 fully saturated rings. The fourth-order valence-electron chi connectivity index (χ4n) is 4.20. The van der Waals surface area contributed by atoms with Crippen molar-refractivity contribution in [2.24, 2.45) is 0 Å². The second-order valence-electron chi connectivity index (χ2n) is 7.89. The summed E-state index contributed by atoms with van der Waals surface area (Å²) in [5.41, 5.74) is 3.85. The van der Waals surface area contributed by atoms with Crippen LogP contribution in [0.25, 0.3) is 0 Å². The van der Waals surface area contributed by atoms with Gasteiger partial charge < -0.3 is 4.74 Å². The van der Waals surface area contributed by atoms with Crippen LogP contribution in [0.5, 0.6) is 0 Å². The summed E-state index contributed by atoms with van der Waals surface area (Å²) in [6.07, 6.45) is 4.45. The van der Waals surface area contributed by atoms with Crippen molar-refractivity contribution in [1.29, 1.82) is 0 Å². The fourth-order valence-corrected chi connectivity index (χ4v) is 4.20. The van der Waals surface area contributed by atoms with Gasteiger partial charge in [0.15, 0.2) is 11.6 Å². The smallest absolute Gasteiger partial charge is 0.161 e. The van der Waals surface area contributed by atoms with Crippen molar-refractivity contribution in [1.82, 2.24) is 14.8 Å². The molecule has 1 aliphatic heterocycles. The van der Waals surface area contributed by atoms with Crippen LogP contribution < -0.4 is 0 Å². The summed E-state index contributed by atoms with van der Waals surface area (Å²) in [4.78, 5) is 5.05. The van der Waals surface area contributed by atoms with Gasteiger partial charge in [-0.25, -0.2) is 9.67 Å². The summed E-state index contributed by atoms with van der Waals surface area (Å²) >= 11 is 0. The second kappa shape index (κ2) is 6.61. The van der Waals surface area contributed by atoms with Gasteiger partial charge in [0.2, 0.25) is 0 Å². The largest absolute Gasteiger partial charge is 0.370 e. The first-order valence-electron chi connectivity index (χ1n) is 9.92. The molecule has 2 heterocycles. The third kappa shape index (κ3) is 3.08. The zero-order valence-electron chi connectivity index (χ0n) is 15.8. The van der Waals surface area contributed by atoms with E-state index in [-0.39, 0.29) is 11.5 Å². The number of benzene rings is 2. The molecule has 3 aromatic rings. The van der Waals surface area contributed by atoms with E-state index in [1.165, 1.54) is 16.7 Å². The summed E-state index contributed by atoms with van der Waals surface area (Å²) < 4.78 is 8.06. The summed E-state index contributed by atoms with van der Waals surface area (Å²) in [7, 11) is 0. The molecule has 1 aromatic heterocycles. The van der Waals surface area contributed by atoms with Gasteiger partial charge in [-0.2, -0.15) is 5.10 Å². The molecule has 1 unspecified atom stereocenters. The van der Waals surface area contributed by atoms with E-state index in [9.17, 15) is 0 Å². The fraction of sp³-hybridized carbons (Fsp3) is 0.391. The first kappa shape index (κ1) is 16.7. The Bertz CT molecular complexity index is 937. The van der Waals surface area contributed by atoms with E-state index in [0.29, 0.717) is 0 Å². The topological polar surface area (TPSA) is 39.9 Å². The lowest BCUT2D eigenvalue weighted by Crippen LogP contribution is -2.12. The quantitative estimate of drug-likeness (QED) is 0.670. The molecule has 1 saturated carbocycles. The van der Waals surface area contributed by atoms with Crippen LogP contribution in [0.4, 0.5) is 0 Å². The van der Waals surface area contributed by atoms with Crippen molar-refractivity contribution in [3.63, 3.8) is 0 Å². The standard InChI is InChI=1S/C23H25N3O/c1-17-7-5-8-18(15-17)16-26-21(20-11-6-14-27-20)24-22(25-26)23(12-13-23)19-9-3-2-4-10-19/h2-5,7-10,15,20H,6,11-14,16H2,1H3. The van der Waals surface area contributed by atoms with Crippen molar-refractivity contribution < 1.29 is 4.74 Å². The number of aromatic nitrogens is 3. The van der Waals surface area contributed by atoms with E-state index in [1.807, 2.05) is 0 Å². The van der Waals surface area contributed by atoms with Gasteiger partial charge in [-0.15, -0.1) is 0 Å². The summed E-state index contributed by atoms with van der Waals surface area (Å²) in [5, 5.41) is 5.02. The van der Waals surface area contributed by atoms with E-state index < -0.39 is 0 Å². The molecule has 138 valence electrons. The predicted molar refractivity (Wildman–Crippen MR) is 105 cm³/mol. The van der Waals surface area contributed by atoms with Crippen molar-refractivity contribution in [2.45, 2.75) is 50.7 Å². The first-order valence-corrected chi connectivity index (χ1v) is 9.92. The Morgan fingerprint density at radius 1 is 1.11 bits per heavy atom. The third-order valence-corrected chi connectivity index (χ3v) is 5.84. The van der Waals surface area contributed by atoms with Crippen molar-refractivity contribution >= 4 is 0 Å². The van der Waals surface area contributed by atoms with E-state index in [0.717, 1.165) is 50.5 Å². The van der Waals surface area contributed by atoms with Gasteiger partial charge in [0.25, 0.3) is 0 Å². The van der Waals surface area contributed by atoms with Gasteiger partial charge >= 0.3 is 0 Å². The molecule has 0 amide bonds. The van der Waals surface area contributed by atoms with E-state index in [2.05, 4.69) is 66.2 Å². The molecule has 27 heavy (non-hydrogen) atoms. The number of rotatable bonds is 5. The molecule has 4 nitrogen and oxygen atoms in total. The van der Waals surface area contributed by atoms with Gasteiger partial charge in [0.1, 0.15) is 6.10 Å². The maximum atomic E-state index is 5.97. The number of ether oxygens (including phenoxy) is 1. The maximum absolute atomic E-state index is 5.97. The van der Waals surface area contributed by atoms with Crippen LogP contribution in [-0.4, -0.2) is 21.4 Å². The van der Waals surface area contributed by atoms with Crippen LogP contribution in [0.2, 0.25) is 0 Å². The summed E-state index contributed by atoms with van der Waals surface area (Å²) in [6.45, 7) is 3.70. The molecule has 5 rings (SSSR count). The monoisotopic (exact) mass is 359 g/mol. The van der Waals surface area contributed by atoms with Crippen LogP contribution in [0.3, 0.4) is 0 Å². The number of hydrogen-bond donors (Lipinski definition) is 0. The molecule has 0 spiro atoms. The van der Waals surface area contributed by atoms with Gasteiger partial charge in [0.05, 0.1) is 12.0 Å². The van der Waals surface area contributed by atoms with Crippen LogP contribution in [0, 0.1) is 6.92 Å². The molecule has 2 aliphatic rings. The Hall–Kier alpha value is -2.46. The minimum absolute atomic E-state index is 0.00747.